The highest BCUT2D eigenvalue weighted by Crippen LogP contribution is 2.26. The van der Waals surface area contributed by atoms with Gasteiger partial charge in [0.15, 0.2) is 0 Å². The van der Waals surface area contributed by atoms with Crippen LogP contribution in [0.1, 0.15) is 33.6 Å². The summed E-state index contributed by atoms with van der Waals surface area (Å²) in [5.74, 6) is 0.619. The number of para-hydroxylation sites is 1. The van der Waals surface area contributed by atoms with Crippen molar-refractivity contribution < 1.29 is 4.79 Å². The molecule has 2 N–H and O–H groups in total. The molecule has 0 atom stereocenters. The zero-order chi connectivity index (χ0) is 21.8. The van der Waals surface area contributed by atoms with Crippen LogP contribution < -0.4 is 10.6 Å². The van der Waals surface area contributed by atoms with E-state index in [1.54, 1.807) is 12.4 Å². The summed E-state index contributed by atoms with van der Waals surface area (Å²) in [5.41, 5.74) is 3.87. The number of hydrogen-bond acceptors (Lipinski definition) is 5. The minimum atomic E-state index is -0.0898. The SMILES string of the molecule is CC(C)(C)N1CCC(=CC(=O)Nc2ccc3ncnc(Nc4ccccc4)c3c2)CC1. The first kappa shape index (κ1) is 21.0. The number of anilines is 3. The van der Waals surface area contributed by atoms with E-state index in [0.29, 0.717) is 5.82 Å². The lowest BCUT2D eigenvalue weighted by Crippen LogP contribution is -2.44. The second-order valence-electron chi connectivity index (χ2n) is 8.89. The van der Waals surface area contributed by atoms with Crippen molar-refractivity contribution in [3.05, 3.63) is 66.5 Å². The molecular formula is C25H29N5O. The number of carbonyl (C=O) groups is 1. The summed E-state index contributed by atoms with van der Waals surface area (Å²) >= 11 is 0. The Bertz CT molecular complexity index is 1090. The number of carbonyl (C=O) groups excluding carboxylic acids is 1. The number of fused-ring (bicyclic) bond motifs is 1. The minimum Gasteiger partial charge on any atom is -0.340 e. The fraction of sp³-hybridized carbons (Fsp3) is 0.320. The van der Waals surface area contributed by atoms with Crippen LogP contribution in [0.4, 0.5) is 17.2 Å². The molecule has 0 bridgehead atoms. The zero-order valence-electron chi connectivity index (χ0n) is 18.4. The molecule has 1 fully saturated rings. The zero-order valence-corrected chi connectivity index (χ0v) is 18.4. The normalized spacial score (nSPS) is 15.0. The lowest BCUT2D eigenvalue weighted by atomic mass is 9.97. The summed E-state index contributed by atoms with van der Waals surface area (Å²) in [7, 11) is 0. The van der Waals surface area contributed by atoms with Crippen molar-refractivity contribution in [2.45, 2.75) is 39.2 Å². The van der Waals surface area contributed by atoms with Crippen molar-refractivity contribution >= 4 is 34.0 Å². The third-order valence-electron chi connectivity index (χ3n) is 5.63. The Morgan fingerprint density at radius 2 is 1.74 bits per heavy atom. The van der Waals surface area contributed by atoms with Crippen LogP contribution in [-0.2, 0) is 4.79 Å². The lowest BCUT2D eigenvalue weighted by molar-refractivity contribution is -0.112. The van der Waals surface area contributed by atoms with Gasteiger partial charge in [0.2, 0.25) is 5.91 Å². The van der Waals surface area contributed by atoms with Gasteiger partial charge in [-0.1, -0.05) is 23.8 Å². The highest BCUT2D eigenvalue weighted by Gasteiger charge is 2.24. The monoisotopic (exact) mass is 415 g/mol. The number of likely N-dealkylation sites (tertiary alicyclic amines) is 1. The molecule has 0 aliphatic carbocycles. The number of piperidine rings is 1. The van der Waals surface area contributed by atoms with Gasteiger partial charge in [0, 0.05) is 41.5 Å². The van der Waals surface area contributed by atoms with E-state index in [1.807, 2.05) is 48.5 Å². The molecule has 0 radical (unpaired) electrons. The van der Waals surface area contributed by atoms with Crippen LogP contribution >= 0.6 is 0 Å². The van der Waals surface area contributed by atoms with E-state index in [4.69, 9.17) is 0 Å². The van der Waals surface area contributed by atoms with Gasteiger partial charge in [0.1, 0.15) is 12.1 Å². The fourth-order valence-electron chi connectivity index (χ4n) is 3.87. The topological polar surface area (TPSA) is 70.2 Å². The highest BCUT2D eigenvalue weighted by molar-refractivity contribution is 6.02. The van der Waals surface area contributed by atoms with Crippen LogP contribution in [-0.4, -0.2) is 39.4 Å². The van der Waals surface area contributed by atoms with Gasteiger partial charge in [-0.05, 0) is 63.9 Å². The Labute approximate surface area is 183 Å². The van der Waals surface area contributed by atoms with Crippen molar-refractivity contribution in [3.63, 3.8) is 0 Å². The minimum absolute atomic E-state index is 0.0898. The maximum Gasteiger partial charge on any atom is 0.248 e. The van der Waals surface area contributed by atoms with Crippen LogP contribution in [0, 0.1) is 0 Å². The van der Waals surface area contributed by atoms with Crippen LogP contribution in [0.5, 0.6) is 0 Å². The Kier molecular flexibility index (Phi) is 6.00. The fourth-order valence-corrected chi connectivity index (χ4v) is 3.87. The molecule has 0 saturated carbocycles. The second kappa shape index (κ2) is 8.86. The highest BCUT2D eigenvalue weighted by atomic mass is 16.1. The van der Waals surface area contributed by atoms with Crippen molar-refractivity contribution in [2.24, 2.45) is 0 Å². The molecule has 1 aliphatic rings. The van der Waals surface area contributed by atoms with E-state index in [0.717, 1.165) is 48.2 Å². The Morgan fingerprint density at radius 3 is 2.45 bits per heavy atom. The van der Waals surface area contributed by atoms with Crippen LogP contribution in [0.2, 0.25) is 0 Å². The molecule has 4 rings (SSSR count). The van der Waals surface area contributed by atoms with Crippen LogP contribution in [0.3, 0.4) is 0 Å². The summed E-state index contributed by atoms with van der Waals surface area (Å²) < 4.78 is 0. The number of rotatable bonds is 4. The summed E-state index contributed by atoms with van der Waals surface area (Å²) in [6.07, 6.45) is 5.16. The lowest BCUT2D eigenvalue weighted by Gasteiger charge is -2.39. The first-order valence-electron chi connectivity index (χ1n) is 10.7. The van der Waals surface area contributed by atoms with Gasteiger partial charge < -0.3 is 10.6 Å². The first-order valence-corrected chi connectivity index (χ1v) is 10.7. The maximum atomic E-state index is 12.6. The summed E-state index contributed by atoms with van der Waals surface area (Å²) in [5, 5.41) is 7.19. The second-order valence-corrected chi connectivity index (χ2v) is 8.89. The maximum absolute atomic E-state index is 12.6. The molecule has 0 unspecified atom stereocenters. The van der Waals surface area contributed by atoms with Crippen molar-refractivity contribution in [1.82, 2.24) is 14.9 Å². The van der Waals surface area contributed by atoms with Crippen molar-refractivity contribution in [2.75, 3.05) is 23.7 Å². The van der Waals surface area contributed by atoms with E-state index in [2.05, 4.69) is 46.3 Å². The van der Waals surface area contributed by atoms with E-state index < -0.39 is 0 Å². The number of nitrogens with one attached hydrogen (secondary N) is 2. The largest absolute Gasteiger partial charge is 0.340 e. The van der Waals surface area contributed by atoms with Gasteiger partial charge in [-0.2, -0.15) is 0 Å². The van der Waals surface area contributed by atoms with Gasteiger partial charge in [-0.25, -0.2) is 9.97 Å². The molecule has 160 valence electrons. The Morgan fingerprint density at radius 1 is 1.00 bits per heavy atom. The summed E-state index contributed by atoms with van der Waals surface area (Å²) in [4.78, 5) is 23.8. The molecule has 1 saturated heterocycles. The third-order valence-corrected chi connectivity index (χ3v) is 5.63. The molecule has 1 aliphatic heterocycles. The average molecular weight is 416 g/mol. The molecule has 1 amide bonds. The first-order chi connectivity index (χ1) is 14.9. The Hall–Kier alpha value is -3.25. The van der Waals surface area contributed by atoms with Crippen molar-refractivity contribution in [3.8, 4) is 0 Å². The predicted molar refractivity (Wildman–Crippen MR) is 127 cm³/mol. The van der Waals surface area contributed by atoms with Crippen LogP contribution in [0.25, 0.3) is 10.9 Å². The standard InChI is InChI=1S/C25H29N5O/c1-25(2,3)30-13-11-18(12-14-30)15-23(31)28-20-9-10-22-21(16-20)24(27-17-26-22)29-19-7-5-4-6-8-19/h4-10,15-17H,11-14H2,1-3H3,(H,28,31)(H,26,27,29). The smallest absolute Gasteiger partial charge is 0.248 e. The van der Waals surface area contributed by atoms with Crippen molar-refractivity contribution in [1.29, 1.82) is 0 Å². The molecular weight excluding hydrogens is 386 g/mol. The van der Waals surface area contributed by atoms with E-state index >= 15 is 0 Å². The molecule has 6 heteroatoms. The Balaban J connectivity index is 1.47. The summed E-state index contributed by atoms with van der Waals surface area (Å²) in [6, 6.07) is 15.6. The van der Waals surface area contributed by atoms with Gasteiger partial charge >= 0.3 is 0 Å². The van der Waals surface area contributed by atoms with Gasteiger partial charge in [0.05, 0.1) is 5.52 Å². The number of hydrogen-bond donors (Lipinski definition) is 2. The number of aromatic nitrogens is 2. The molecule has 3 aromatic rings. The molecule has 2 aromatic carbocycles. The van der Waals surface area contributed by atoms with Crippen LogP contribution in [0.15, 0.2) is 66.5 Å². The van der Waals surface area contributed by atoms with E-state index in [9.17, 15) is 4.79 Å². The quantitative estimate of drug-likeness (QED) is 0.578. The summed E-state index contributed by atoms with van der Waals surface area (Å²) in [6.45, 7) is 8.69. The molecule has 2 heterocycles. The van der Waals surface area contributed by atoms with Gasteiger partial charge in [-0.3, -0.25) is 9.69 Å². The number of nitrogens with zero attached hydrogens (tertiary/aromatic N) is 3. The van der Waals surface area contributed by atoms with Gasteiger partial charge in [0.25, 0.3) is 0 Å². The number of benzene rings is 2. The molecule has 1 aromatic heterocycles. The van der Waals surface area contributed by atoms with E-state index in [1.165, 1.54) is 5.57 Å². The number of amides is 1. The third kappa shape index (κ3) is 5.27. The molecule has 6 nitrogen and oxygen atoms in total. The molecule has 0 spiro atoms. The van der Waals surface area contributed by atoms with Gasteiger partial charge in [-0.15, -0.1) is 0 Å². The molecule has 31 heavy (non-hydrogen) atoms. The van der Waals surface area contributed by atoms with E-state index in [-0.39, 0.29) is 11.4 Å². The predicted octanol–water partition coefficient (Wildman–Crippen LogP) is 5.13. The average Bonchev–Trinajstić information content (AvgIpc) is 2.74.